The highest BCUT2D eigenvalue weighted by atomic mass is 16.5. The van der Waals surface area contributed by atoms with Gasteiger partial charge < -0.3 is 15.4 Å². The van der Waals surface area contributed by atoms with Gasteiger partial charge in [0.15, 0.2) is 5.96 Å². The second-order valence-corrected chi connectivity index (χ2v) is 5.85. The molecule has 5 heteroatoms. The molecule has 0 bridgehead atoms. The number of rotatable bonds is 7. The van der Waals surface area contributed by atoms with Crippen LogP contribution < -0.4 is 15.4 Å². The summed E-state index contributed by atoms with van der Waals surface area (Å²) in [5, 5.41) is 6.71. The zero-order valence-corrected chi connectivity index (χ0v) is 13.8. The highest BCUT2D eigenvalue weighted by Gasteiger charge is 2.13. The van der Waals surface area contributed by atoms with E-state index in [1.165, 1.54) is 38.5 Å². The third-order valence-electron chi connectivity index (χ3n) is 4.25. The van der Waals surface area contributed by atoms with Crippen molar-refractivity contribution < 1.29 is 4.74 Å². The maximum Gasteiger partial charge on any atom is 0.213 e. The Kier molecular flexibility index (Phi) is 7.00. The molecule has 0 aromatic carbocycles. The molecule has 122 valence electrons. The van der Waals surface area contributed by atoms with Crippen LogP contribution >= 0.6 is 0 Å². The topological polar surface area (TPSA) is 58.5 Å². The monoisotopic (exact) mass is 304 g/mol. The number of pyridine rings is 1. The Morgan fingerprint density at radius 1 is 1.36 bits per heavy atom. The normalized spacial score (nSPS) is 15.8. The molecule has 1 fully saturated rings. The van der Waals surface area contributed by atoms with Crippen LogP contribution in [-0.4, -0.2) is 31.6 Å². The molecule has 0 spiro atoms. The Bertz CT molecular complexity index is 469. The molecule has 2 N–H and O–H groups in total. The van der Waals surface area contributed by atoms with Gasteiger partial charge >= 0.3 is 0 Å². The SMILES string of the molecule is CN=C(NCCCC1CCCC1)NCc1ccnc(OC)c1. The van der Waals surface area contributed by atoms with Crippen molar-refractivity contribution in [1.82, 2.24) is 15.6 Å². The first-order chi connectivity index (χ1) is 10.8. The molecule has 1 aromatic rings. The van der Waals surface area contributed by atoms with E-state index in [2.05, 4.69) is 20.6 Å². The fraction of sp³-hybridized carbons (Fsp3) is 0.647. The lowest BCUT2D eigenvalue weighted by Gasteiger charge is -2.13. The smallest absolute Gasteiger partial charge is 0.213 e. The molecule has 0 aliphatic heterocycles. The molecule has 1 aliphatic carbocycles. The number of ether oxygens (including phenoxy) is 1. The van der Waals surface area contributed by atoms with E-state index in [1.807, 2.05) is 12.1 Å². The van der Waals surface area contributed by atoms with Crippen LogP contribution in [0.1, 0.15) is 44.1 Å². The Morgan fingerprint density at radius 3 is 2.91 bits per heavy atom. The van der Waals surface area contributed by atoms with Crippen molar-refractivity contribution in [3.05, 3.63) is 23.9 Å². The van der Waals surface area contributed by atoms with Gasteiger partial charge in [-0.05, 0) is 30.4 Å². The number of hydrogen-bond acceptors (Lipinski definition) is 3. The largest absolute Gasteiger partial charge is 0.481 e. The van der Waals surface area contributed by atoms with Crippen LogP contribution in [0.3, 0.4) is 0 Å². The Hall–Kier alpha value is -1.78. The van der Waals surface area contributed by atoms with Gasteiger partial charge in [-0.2, -0.15) is 0 Å². The van der Waals surface area contributed by atoms with Gasteiger partial charge in [0.25, 0.3) is 0 Å². The maximum absolute atomic E-state index is 5.13. The minimum absolute atomic E-state index is 0.638. The van der Waals surface area contributed by atoms with Gasteiger partial charge in [-0.25, -0.2) is 4.98 Å². The summed E-state index contributed by atoms with van der Waals surface area (Å²) in [6, 6.07) is 3.91. The summed E-state index contributed by atoms with van der Waals surface area (Å²) >= 11 is 0. The fourth-order valence-corrected chi connectivity index (χ4v) is 2.97. The number of aliphatic imine (C=N–C) groups is 1. The number of guanidine groups is 1. The summed E-state index contributed by atoms with van der Waals surface area (Å²) in [7, 11) is 3.43. The predicted octanol–water partition coefficient (Wildman–Crippen LogP) is 2.73. The summed E-state index contributed by atoms with van der Waals surface area (Å²) in [6.45, 7) is 1.69. The molecule has 2 rings (SSSR count). The molecule has 1 heterocycles. The molecule has 1 aliphatic rings. The average Bonchev–Trinajstić information content (AvgIpc) is 3.08. The summed E-state index contributed by atoms with van der Waals surface area (Å²) < 4.78 is 5.13. The number of methoxy groups -OCH3 is 1. The second-order valence-electron chi connectivity index (χ2n) is 5.85. The van der Waals surface area contributed by atoms with Crippen LogP contribution in [-0.2, 0) is 6.54 Å². The molecule has 1 saturated carbocycles. The first kappa shape index (κ1) is 16.6. The Balaban J connectivity index is 1.66. The molecule has 1 aromatic heterocycles. The minimum atomic E-state index is 0.638. The molecule has 0 unspecified atom stereocenters. The van der Waals surface area contributed by atoms with Crippen molar-refractivity contribution in [2.24, 2.45) is 10.9 Å². The lowest BCUT2D eigenvalue weighted by molar-refractivity contribution is 0.397. The van der Waals surface area contributed by atoms with Crippen molar-refractivity contribution in [3.63, 3.8) is 0 Å². The van der Waals surface area contributed by atoms with Crippen molar-refractivity contribution in [2.75, 3.05) is 20.7 Å². The number of hydrogen-bond donors (Lipinski definition) is 2. The van der Waals surface area contributed by atoms with Crippen molar-refractivity contribution >= 4 is 5.96 Å². The Labute approximate surface area is 133 Å². The van der Waals surface area contributed by atoms with Gasteiger partial charge in [0.1, 0.15) is 0 Å². The van der Waals surface area contributed by atoms with Gasteiger partial charge in [0, 0.05) is 32.4 Å². The highest BCUT2D eigenvalue weighted by Crippen LogP contribution is 2.28. The summed E-state index contributed by atoms with van der Waals surface area (Å²) in [4.78, 5) is 8.37. The van der Waals surface area contributed by atoms with E-state index < -0.39 is 0 Å². The van der Waals surface area contributed by atoms with E-state index >= 15 is 0 Å². The third-order valence-corrected chi connectivity index (χ3v) is 4.25. The maximum atomic E-state index is 5.13. The van der Waals surface area contributed by atoms with Crippen LogP contribution in [0.4, 0.5) is 0 Å². The van der Waals surface area contributed by atoms with Crippen LogP contribution in [0.5, 0.6) is 5.88 Å². The summed E-state index contributed by atoms with van der Waals surface area (Å²) in [5.74, 6) is 2.45. The molecular formula is C17H28N4O. The fourth-order valence-electron chi connectivity index (χ4n) is 2.97. The van der Waals surface area contributed by atoms with Crippen LogP contribution in [0.2, 0.25) is 0 Å². The van der Waals surface area contributed by atoms with Crippen molar-refractivity contribution in [1.29, 1.82) is 0 Å². The standard InChI is InChI=1S/C17H28N4O/c1-18-17(20-10-5-8-14-6-3-4-7-14)21-13-15-9-11-19-16(12-15)22-2/h9,11-12,14H,3-8,10,13H2,1-2H3,(H2,18,20,21). The van der Waals surface area contributed by atoms with Gasteiger partial charge in [-0.3, -0.25) is 4.99 Å². The molecule has 0 saturated heterocycles. The molecule has 0 atom stereocenters. The lowest BCUT2D eigenvalue weighted by atomic mass is 10.0. The van der Waals surface area contributed by atoms with E-state index in [9.17, 15) is 0 Å². The first-order valence-electron chi connectivity index (χ1n) is 8.25. The number of aromatic nitrogens is 1. The molecule has 5 nitrogen and oxygen atoms in total. The van der Waals surface area contributed by atoms with Gasteiger partial charge in [0.2, 0.25) is 5.88 Å². The summed E-state index contributed by atoms with van der Waals surface area (Å²) in [6.07, 6.45) is 10.0. The second kappa shape index (κ2) is 9.28. The quantitative estimate of drug-likeness (QED) is 0.462. The van der Waals surface area contributed by atoms with E-state index in [-0.39, 0.29) is 0 Å². The van der Waals surface area contributed by atoms with Crippen molar-refractivity contribution in [3.8, 4) is 5.88 Å². The van der Waals surface area contributed by atoms with E-state index in [4.69, 9.17) is 4.74 Å². The third kappa shape index (κ3) is 5.54. The summed E-state index contributed by atoms with van der Waals surface area (Å²) in [5.41, 5.74) is 1.13. The molecule has 0 radical (unpaired) electrons. The van der Waals surface area contributed by atoms with Gasteiger partial charge in [-0.1, -0.05) is 25.7 Å². The first-order valence-corrected chi connectivity index (χ1v) is 8.25. The Morgan fingerprint density at radius 2 is 2.18 bits per heavy atom. The highest BCUT2D eigenvalue weighted by molar-refractivity contribution is 5.79. The van der Waals surface area contributed by atoms with E-state index in [1.54, 1.807) is 20.4 Å². The van der Waals surface area contributed by atoms with Crippen LogP contribution in [0.25, 0.3) is 0 Å². The lowest BCUT2D eigenvalue weighted by Crippen LogP contribution is -2.37. The van der Waals surface area contributed by atoms with Crippen LogP contribution in [0, 0.1) is 5.92 Å². The van der Waals surface area contributed by atoms with Crippen molar-refractivity contribution in [2.45, 2.75) is 45.1 Å². The molecular weight excluding hydrogens is 276 g/mol. The van der Waals surface area contributed by atoms with E-state index in [0.29, 0.717) is 12.4 Å². The molecule has 22 heavy (non-hydrogen) atoms. The van der Waals surface area contributed by atoms with Gasteiger partial charge in [-0.15, -0.1) is 0 Å². The zero-order chi connectivity index (χ0) is 15.6. The predicted molar refractivity (Wildman–Crippen MR) is 90.2 cm³/mol. The zero-order valence-electron chi connectivity index (χ0n) is 13.8. The van der Waals surface area contributed by atoms with E-state index in [0.717, 1.165) is 24.0 Å². The minimum Gasteiger partial charge on any atom is -0.481 e. The van der Waals surface area contributed by atoms with Crippen LogP contribution in [0.15, 0.2) is 23.3 Å². The van der Waals surface area contributed by atoms with Gasteiger partial charge in [0.05, 0.1) is 7.11 Å². The number of nitrogens with zero attached hydrogens (tertiary/aromatic N) is 2. The molecule has 0 amide bonds. The number of nitrogens with one attached hydrogen (secondary N) is 2. The average molecular weight is 304 g/mol.